The highest BCUT2D eigenvalue weighted by molar-refractivity contribution is 6.03. The Bertz CT molecular complexity index is 463. The molecule has 0 saturated carbocycles. The molecule has 1 aromatic carbocycles. The number of rotatable bonds is 2. The average Bonchev–Trinajstić information content (AvgIpc) is 2.37. The molecule has 0 unspecified atom stereocenters. The fraction of sp³-hybridized carbons (Fsp3) is 0.357. The van der Waals surface area contributed by atoms with Crippen LogP contribution in [0.5, 0.6) is 0 Å². The first-order chi connectivity index (χ1) is 8.20. The van der Waals surface area contributed by atoms with Crippen LogP contribution < -0.4 is 10.6 Å². The first-order valence-electron chi connectivity index (χ1n) is 6.02. The summed E-state index contributed by atoms with van der Waals surface area (Å²) in [6.45, 7) is 4.69. The third-order valence-electron chi connectivity index (χ3n) is 3.10. The van der Waals surface area contributed by atoms with Crippen molar-refractivity contribution in [3.8, 4) is 0 Å². The topological polar surface area (TPSA) is 41.1 Å². The third-order valence-corrected chi connectivity index (χ3v) is 3.10. The molecule has 3 nitrogen and oxygen atoms in total. The molecule has 1 aliphatic heterocycles. The van der Waals surface area contributed by atoms with Gasteiger partial charge in [0.2, 0.25) is 0 Å². The smallest absolute Gasteiger partial charge is 0.250 e. The number of carbonyl (C=O) groups is 1. The molecule has 17 heavy (non-hydrogen) atoms. The van der Waals surface area contributed by atoms with Crippen LogP contribution in [0.3, 0.4) is 0 Å². The quantitative estimate of drug-likeness (QED) is 0.767. The summed E-state index contributed by atoms with van der Waals surface area (Å²) in [4.78, 5) is 11.7. The maximum atomic E-state index is 11.7. The van der Waals surface area contributed by atoms with Crippen molar-refractivity contribution in [3.63, 3.8) is 0 Å². The Hall–Kier alpha value is -1.77. The van der Waals surface area contributed by atoms with Gasteiger partial charge in [0.15, 0.2) is 0 Å². The maximum absolute atomic E-state index is 11.7. The number of benzene rings is 1. The lowest BCUT2D eigenvalue weighted by atomic mass is 10.0. The van der Waals surface area contributed by atoms with Gasteiger partial charge in [-0.15, -0.1) is 0 Å². The summed E-state index contributed by atoms with van der Waals surface area (Å²) in [5.41, 5.74) is 4.06. The number of allylic oxidation sites excluding steroid dienone is 1. The lowest BCUT2D eigenvalue weighted by Crippen LogP contribution is -2.15. The van der Waals surface area contributed by atoms with Crippen LogP contribution in [-0.4, -0.2) is 12.5 Å². The molecule has 2 rings (SSSR count). The van der Waals surface area contributed by atoms with Gasteiger partial charge in [-0.2, -0.15) is 0 Å². The van der Waals surface area contributed by atoms with Gasteiger partial charge in [-0.25, -0.2) is 0 Å². The molecule has 0 spiro atoms. The second kappa shape index (κ2) is 5.04. The number of aryl methyl sites for hydroxylation is 1. The zero-order valence-corrected chi connectivity index (χ0v) is 10.3. The Morgan fingerprint density at radius 1 is 1.47 bits per heavy atom. The van der Waals surface area contributed by atoms with Gasteiger partial charge in [0, 0.05) is 23.5 Å². The molecule has 0 aromatic heterocycles. The van der Waals surface area contributed by atoms with Crippen molar-refractivity contribution in [2.24, 2.45) is 0 Å². The Morgan fingerprint density at radius 3 is 3.06 bits per heavy atom. The van der Waals surface area contributed by atoms with Gasteiger partial charge < -0.3 is 10.6 Å². The first-order valence-corrected chi connectivity index (χ1v) is 6.02. The third kappa shape index (κ3) is 2.67. The minimum absolute atomic E-state index is 0.0386. The van der Waals surface area contributed by atoms with E-state index >= 15 is 0 Å². The van der Waals surface area contributed by atoms with E-state index in [0.717, 1.165) is 29.9 Å². The molecule has 0 bridgehead atoms. The Morgan fingerprint density at radius 2 is 2.29 bits per heavy atom. The standard InChI is InChI=1S/C14H18N2O/c1-3-10(2)14(17)16-12-7-6-11-5-4-8-15-13(11)9-12/h3,6-7,9,15H,4-5,8H2,1-2H3,(H,16,17)/b10-3+. The summed E-state index contributed by atoms with van der Waals surface area (Å²) in [5.74, 6) is -0.0386. The lowest BCUT2D eigenvalue weighted by Gasteiger charge is -2.18. The van der Waals surface area contributed by atoms with Crippen LogP contribution >= 0.6 is 0 Å². The Balaban J connectivity index is 2.15. The minimum Gasteiger partial charge on any atom is -0.385 e. The van der Waals surface area contributed by atoms with E-state index < -0.39 is 0 Å². The summed E-state index contributed by atoms with van der Waals surface area (Å²) in [7, 11) is 0. The van der Waals surface area contributed by atoms with Crippen LogP contribution in [0.1, 0.15) is 25.8 Å². The van der Waals surface area contributed by atoms with Gasteiger partial charge in [-0.05, 0) is 44.4 Å². The number of carbonyl (C=O) groups excluding carboxylic acids is 1. The van der Waals surface area contributed by atoms with E-state index in [1.54, 1.807) is 0 Å². The van der Waals surface area contributed by atoms with Gasteiger partial charge in [0.1, 0.15) is 0 Å². The molecular weight excluding hydrogens is 212 g/mol. The number of anilines is 2. The number of hydrogen-bond donors (Lipinski definition) is 2. The largest absolute Gasteiger partial charge is 0.385 e. The van der Waals surface area contributed by atoms with Crippen molar-refractivity contribution >= 4 is 17.3 Å². The van der Waals surface area contributed by atoms with Crippen LogP contribution in [-0.2, 0) is 11.2 Å². The van der Waals surface area contributed by atoms with Crippen molar-refractivity contribution in [1.82, 2.24) is 0 Å². The molecule has 1 aliphatic rings. The molecule has 1 aromatic rings. The normalized spacial score (nSPS) is 14.8. The van der Waals surface area contributed by atoms with Crippen LogP contribution in [0, 0.1) is 0 Å². The molecule has 0 radical (unpaired) electrons. The van der Waals surface area contributed by atoms with E-state index in [1.807, 2.05) is 32.1 Å². The summed E-state index contributed by atoms with van der Waals surface area (Å²) in [6, 6.07) is 6.06. The van der Waals surface area contributed by atoms with E-state index in [4.69, 9.17) is 0 Å². The highest BCUT2D eigenvalue weighted by atomic mass is 16.1. The van der Waals surface area contributed by atoms with E-state index in [1.165, 1.54) is 12.0 Å². The number of nitrogens with one attached hydrogen (secondary N) is 2. The summed E-state index contributed by atoms with van der Waals surface area (Å²) < 4.78 is 0. The first kappa shape index (κ1) is 11.7. The van der Waals surface area contributed by atoms with Crippen molar-refractivity contribution in [2.75, 3.05) is 17.2 Å². The van der Waals surface area contributed by atoms with Crippen molar-refractivity contribution < 1.29 is 4.79 Å². The second-order valence-electron chi connectivity index (χ2n) is 4.33. The molecule has 1 amide bonds. The fourth-order valence-electron chi connectivity index (χ4n) is 1.90. The predicted octanol–water partition coefficient (Wildman–Crippen LogP) is 2.95. The van der Waals surface area contributed by atoms with Crippen LogP contribution in [0.4, 0.5) is 11.4 Å². The molecule has 3 heteroatoms. The van der Waals surface area contributed by atoms with Gasteiger partial charge in [0.05, 0.1) is 0 Å². The molecule has 2 N–H and O–H groups in total. The SMILES string of the molecule is C/C=C(\C)C(=O)Nc1ccc2c(c1)NCCC2. The zero-order valence-electron chi connectivity index (χ0n) is 10.3. The molecule has 90 valence electrons. The van der Waals surface area contributed by atoms with Gasteiger partial charge >= 0.3 is 0 Å². The Kier molecular flexibility index (Phi) is 3.47. The summed E-state index contributed by atoms with van der Waals surface area (Å²) in [5, 5.41) is 6.25. The molecule has 0 atom stereocenters. The molecule has 1 heterocycles. The monoisotopic (exact) mass is 230 g/mol. The van der Waals surface area contributed by atoms with Crippen molar-refractivity contribution in [2.45, 2.75) is 26.7 Å². The van der Waals surface area contributed by atoms with Gasteiger partial charge in [-0.1, -0.05) is 12.1 Å². The number of fused-ring (bicyclic) bond motifs is 1. The number of amides is 1. The average molecular weight is 230 g/mol. The molecule has 0 fully saturated rings. The van der Waals surface area contributed by atoms with E-state index in [0.29, 0.717) is 0 Å². The van der Waals surface area contributed by atoms with Crippen LogP contribution in [0.2, 0.25) is 0 Å². The second-order valence-corrected chi connectivity index (χ2v) is 4.33. The predicted molar refractivity (Wildman–Crippen MR) is 71.3 cm³/mol. The molecule has 0 aliphatic carbocycles. The highest BCUT2D eigenvalue weighted by Crippen LogP contribution is 2.25. The summed E-state index contributed by atoms with van der Waals surface area (Å²) in [6.07, 6.45) is 4.10. The van der Waals surface area contributed by atoms with Gasteiger partial charge in [0.25, 0.3) is 5.91 Å². The molecular formula is C14H18N2O. The minimum atomic E-state index is -0.0386. The van der Waals surface area contributed by atoms with Crippen LogP contribution in [0.25, 0.3) is 0 Å². The van der Waals surface area contributed by atoms with Crippen molar-refractivity contribution in [1.29, 1.82) is 0 Å². The number of hydrogen-bond acceptors (Lipinski definition) is 2. The molecule has 0 saturated heterocycles. The maximum Gasteiger partial charge on any atom is 0.250 e. The van der Waals surface area contributed by atoms with E-state index in [2.05, 4.69) is 16.7 Å². The van der Waals surface area contributed by atoms with Gasteiger partial charge in [-0.3, -0.25) is 4.79 Å². The highest BCUT2D eigenvalue weighted by Gasteiger charge is 2.10. The van der Waals surface area contributed by atoms with Crippen molar-refractivity contribution in [3.05, 3.63) is 35.4 Å². The van der Waals surface area contributed by atoms with E-state index in [-0.39, 0.29) is 5.91 Å². The summed E-state index contributed by atoms with van der Waals surface area (Å²) >= 11 is 0. The zero-order chi connectivity index (χ0) is 12.3. The fourth-order valence-corrected chi connectivity index (χ4v) is 1.90. The Labute approximate surface area is 102 Å². The van der Waals surface area contributed by atoms with Crippen LogP contribution in [0.15, 0.2) is 29.8 Å². The van der Waals surface area contributed by atoms with E-state index in [9.17, 15) is 4.79 Å². The lowest BCUT2D eigenvalue weighted by molar-refractivity contribution is -0.112.